The quantitative estimate of drug-likeness (QED) is 0.930. The maximum atomic E-state index is 12.9. The summed E-state index contributed by atoms with van der Waals surface area (Å²) in [6.45, 7) is 4.64. The smallest absolute Gasteiger partial charge is 0.225 e. The van der Waals surface area contributed by atoms with Gasteiger partial charge in [0.25, 0.3) is 0 Å². The van der Waals surface area contributed by atoms with Gasteiger partial charge in [0.1, 0.15) is 11.6 Å². The van der Waals surface area contributed by atoms with E-state index in [1.54, 1.807) is 12.3 Å². The fourth-order valence-electron chi connectivity index (χ4n) is 2.94. The molecule has 1 aliphatic rings. The number of halogens is 1. The molecule has 24 heavy (non-hydrogen) atoms. The maximum absolute atomic E-state index is 12.9. The molecule has 0 radical (unpaired) electrons. The molecule has 1 amide bonds. The second-order valence-electron chi connectivity index (χ2n) is 6.30. The third kappa shape index (κ3) is 3.53. The zero-order chi connectivity index (χ0) is 17.1. The fraction of sp³-hybridized carbons (Fsp3) is 0.389. The van der Waals surface area contributed by atoms with Crippen molar-refractivity contribution in [3.8, 4) is 0 Å². The molecule has 1 saturated heterocycles. The number of aromatic nitrogens is 2. The number of rotatable bonds is 4. The lowest BCUT2D eigenvalue weighted by molar-refractivity contribution is -0.135. The van der Waals surface area contributed by atoms with Gasteiger partial charge in [0, 0.05) is 12.5 Å². The molecule has 0 aromatic carbocycles. The lowest BCUT2D eigenvalue weighted by Crippen LogP contribution is -2.34. The van der Waals surface area contributed by atoms with Crippen LogP contribution in [-0.2, 0) is 4.79 Å². The van der Waals surface area contributed by atoms with E-state index in [-0.39, 0.29) is 23.7 Å². The molecule has 1 atom stereocenters. The molecule has 3 heterocycles. The van der Waals surface area contributed by atoms with Crippen molar-refractivity contribution in [3.05, 3.63) is 48.2 Å². The van der Waals surface area contributed by atoms with E-state index in [2.05, 4.69) is 15.3 Å². The van der Waals surface area contributed by atoms with Crippen LogP contribution >= 0.6 is 0 Å². The molecular formula is C18H21FN4O. The number of pyridine rings is 2. The molecule has 0 spiro atoms. The molecule has 0 saturated carbocycles. The average Bonchev–Trinajstić information content (AvgIpc) is 3.06. The van der Waals surface area contributed by atoms with Gasteiger partial charge in [-0.15, -0.1) is 0 Å². The predicted molar refractivity (Wildman–Crippen MR) is 90.2 cm³/mol. The monoisotopic (exact) mass is 328 g/mol. The minimum absolute atomic E-state index is 0.00362. The van der Waals surface area contributed by atoms with Crippen LogP contribution in [0, 0.1) is 11.7 Å². The molecule has 2 aromatic rings. The lowest BCUT2D eigenvalue weighted by Gasteiger charge is -2.26. The van der Waals surface area contributed by atoms with E-state index in [0.29, 0.717) is 5.82 Å². The van der Waals surface area contributed by atoms with Gasteiger partial charge >= 0.3 is 0 Å². The maximum Gasteiger partial charge on any atom is 0.225 e. The van der Waals surface area contributed by atoms with Crippen molar-refractivity contribution in [1.29, 1.82) is 0 Å². The molecule has 1 N–H and O–H groups in total. The van der Waals surface area contributed by atoms with E-state index in [0.717, 1.165) is 37.0 Å². The fourth-order valence-corrected chi connectivity index (χ4v) is 2.94. The first-order chi connectivity index (χ1) is 11.5. The van der Waals surface area contributed by atoms with Crippen molar-refractivity contribution in [1.82, 2.24) is 14.9 Å². The minimum atomic E-state index is -0.370. The summed E-state index contributed by atoms with van der Waals surface area (Å²) in [5.74, 6) is 0.363. The number of hydrogen-bond donors (Lipinski definition) is 1. The number of anilines is 2. The Bertz CT molecular complexity index is 700. The molecule has 0 bridgehead atoms. The van der Waals surface area contributed by atoms with Crippen molar-refractivity contribution < 1.29 is 9.18 Å². The van der Waals surface area contributed by atoms with Crippen molar-refractivity contribution in [2.24, 2.45) is 5.92 Å². The Morgan fingerprint density at radius 2 is 2.08 bits per heavy atom. The summed E-state index contributed by atoms with van der Waals surface area (Å²) in [4.78, 5) is 22.7. The highest BCUT2D eigenvalue weighted by Crippen LogP contribution is 2.32. The van der Waals surface area contributed by atoms with Crippen LogP contribution in [0.4, 0.5) is 15.9 Å². The second kappa shape index (κ2) is 6.95. The van der Waals surface area contributed by atoms with Crippen LogP contribution in [0.1, 0.15) is 38.4 Å². The molecule has 5 nitrogen and oxygen atoms in total. The topological polar surface area (TPSA) is 58.1 Å². The number of nitrogens with one attached hydrogen (secondary N) is 1. The van der Waals surface area contributed by atoms with Gasteiger partial charge in [-0.2, -0.15) is 0 Å². The van der Waals surface area contributed by atoms with E-state index in [9.17, 15) is 9.18 Å². The van der Waals surface area contributed by atoms with E-state index in [1.165, 1.54) is 6.07 Å². The molecule has 6 heteroatoms. The molecule has 1 fully saturated rings. The highest BCUT2D eigenvalue weighted by atomic mass is 19.1. The summed E-state index contributed by atoms with van der Waals surface area (Å²) in [6, 6.07) is 6.82. The van der Waals surface area contributed by atoms with Gasteiger partial charge in [-0.05, 0) is 37.1 Å². The standard InChI is InChI=1S/C18H21FN4O/c1-12(2)18(24)23-9-3-4-16(23)15-7-6-14(11-20-15)22-17-8-5-13(19)10-21-17/h5-8,10-12,16H,3-4,9H2,1-2H3,(H,21,22)/t16-/m0/s1. The number of amides is 1. The Labute approximate surface area is 140 Å². The van der Waals surface area contributed by atoms with E-state index >= 15 is 0 Å². The predicted octanol–water partition coefficient (Wildman–Crippen LogP) is 3.68. The van der Waals surface area contributed by atoms with Gasteiger partial charge in [-0.3, -0.25) is 9.78 Å². The Hall–Kier alpha value is -2.50. The molecular weight excluding hydrogens is 307 g/mol. The van der Waals surface area contributed by atoms with Crippen LogP contribution in [0.5, 0.6) is 0 Å². The van der Waals surface area contributed by atoms with E-state index in [4.69, 9.17) is 0 Å². The molecule has 0 unspecified atom stereocenters. The number of carbonyl (C=O) groups is 1. The largest absolute Gasteiger partial charge is 0.339 e. The van der Waals surface area contributed by atoms with Gasteiger partial charge in [0.15, 0.2) is 0 Å². The number of nitrogens with zero attached hydrogens (tertiary/aromatic N) is 3. The summed E-state index contributed by atoms with van der Waals surface area (Å²) in [6.07, 6.45) is 4.83. The summed E-state index contributed by atoms with van der Waals surface area (Å²) in [5.41, 5.74) is 1.68. The van der Waals surface area contributed by atoms with Crippen molar-refractivity contribution in [3.63, 3.8) is 0 Å². The summed E-state index contributed by atoms with van der Waals surface area (Å²) < 4.78 is 12.9. The normalized spacial score (nSPS) is 17.3. The summed E-state index contributed by atoms with van der Waals surface area (Å²) in [7, 11) is 0. The molecule has 0 aliphatic carbocycles. The third-order valence-electron chi connectivity index (χ3n) is 4.16. The van der Waals surface area contributed by atoms with Crippen LogP contribution in [0.25, 0.3) is 0 Å². The van der Waals surface area contributed by atoms with Gasteiger partial charge in [0.2, 0.25) is 5.91 Å². The average molecular weight is 328 g/mol. The zero-order valence-electron chi connectivity index (χ0n) is 13.9. The minimum Gasteiger partial charge on any atom is -0.339 e. The highest BCUT2D eigenvalue weighted by Gasteiger charge is 2.31. The first-order valence-electron chi connectivity index (χ1n) is 8.19. The van der Waals surface area contributed by atoms with Gasteiger partial charge in [-0.1, -0.05) is 13.8 Å². The SMILES string of the molecule is CC(C)C(=O)N1CCC[C@H]1c1ccc(Nc2ccc(F)cn2)cn1. The first-order valence-corrected chi connectivity index (χ1v) is 8.19. The van der Waals surface area contributed by atoms with Crippen molar-refractivity contribution in [2.75, 3.05) is 11.9 Å². The molecule has 126 valence electrons. The van der Waals surface area contributed by atoms with Crippen LogP contribution < -0.4 is 5.32 Å². The van der Waals surface area contributed by atoms with E-state index in [1.807, 2.05) is 30.9 Å². The van der Waals surface area contributed by atoms with Gasteiger partial charge < -0.3 is 10.2 Å². The molecule has 3 rings (SSSR count). The lowest BCUT2D eigenvalue weighted by atomic mass is 10.1. The van der Waals surface area contributed by atoms with E-state index < -0.39 is 0 Å². The van der Waals surface area contributed by atoms with Crippen LogP contribution in [0.2, 0.25) is 0 Å². The van der Waals surface area contributed by atoms with Crippen LogP contribution in [-0.4, -0.2) is 27.3 Å². The Morgan fingerprint density at radius 3 is 2.71 bits per heavy atom. The van der Waals surface area contributed by atoms with Crippen LogP contribution in [0.15, 0.2) is 36.7 Å². The summed E-state index contributed by atoms with van der Waals surface area (Å²) >= 11 is 0. The molecule has 2 aromatic heterocycles. The number of carbonyl (C=O) groups excluding carboxylic acids is 1. The van der Waals surface area contributed by atoms with Crippen molar-refractivity contribution >= 4 is 17.4 Å². The Morgan fingerprint density at radius 1 is 1.25 bits per heavy atom. The number of likely N-dealkylation sites (tertiary alicyclic amines) is 1. The number of hydrogen-bond acceptors (Lipinski definition) is 4. The molecule has 1 aliphatic heterocycles. The first kappa shape index (κ1) is 16.4. The Kier molecular flexibility index (Phi) is 4.74. The summed E-state index contributed by atoms with van der Waals surface area (Å²) in [5, 5.41) is 3.08. The highest BCUT2D eigenvalue weighted by molar-refractivity contribution is 5.78. The van der Waals surface area contributed by atoms with Gasteiger partial charge in [-0.25, -0.2) is 9.37 Å². The van der Waals surface area contributed by atoms with Crippen molar-refractivity contribution in [2.45, 2.75) is 32.7 Å². The zero-order valence-corrected chi connectivity index (χ0v) is 13.9. The third-order valence-corrected chi connectivity index (χ3v) is 4.16. The second-order valence-corrected chi connectivity index (χ2v) is 6.30. The van der Waals surface area contributed by atoms with Crippen LogP contribution in [0.3, 0.4) is 0 Å². The van der Waals surface area contributed by atoms with Gasteiger partial charge in [0.05, 0.1) is 29.8 Å². The Balaban J connectivity index is 1.72.